The molecule has 1 N–H and O–H groups in total. The zero-order chi connectivity index (χ0) is 12.5. The first-order chi connectivity index (χ1) is 8.72. The van der Waals surface area contributed by atoms with Gasteiger partial charge in [0, 0.05) is 22.5 Å². The third-order valence-corrected chi connectivity index (χ3v) is 3.81. The summed E-state index contributed by atoms with van der Waals surface area (Å²) in [6, 6.07) is 1.44. The molecule has 3 aromatic heterocycles. The summed E-state index contributed by atoms with van der Waals surface area (Å²) in [7, 11) is 0. The third kappa shape index (κ3) is 2.09. The van der Waals surface area contributed by atoms with Crippen LogP contribution in [0, 0.1) is 6.92 Å². The number of aromatic nitrogens is 4. The van der Waals surface area contributed by atoms with E-state index in [1.165, 1.54) is 28.7 Å². The Kier molecular flexibility index (Phi) is 2.77. The molecule has 0 saturated carbocycles. The van der Waals surface area contributed by atoms with Gasteiger partial charge in [0.05, 0.1) is 16.9 Å². The van der Waals surface area contributed by atoms with Crippen molar-refractivity contribution in [1.82, 2.24) is 19.9 Å². The monoisotopic (exact) mass is 276 g/mol. The minimum Gasteiger partial charge on any atom is -0.304 e. The number of hydrogen-bond donors (Lipinski definition) is 1. The Morgan fingerprint density at radius 2 is 2.11 bits per heavy atom. The van der Waals surface area contributed by atoms with Crippen molar-refractivity contribution >= 4 is 22.7 Å². The average molecular weight is 276 g/mol. The summed E-state index contributed by atoms with van der Waals surface area (Å²) < 4.78 is 0. The lowest BCUT2D eigenvalue weighted by Crippen LogP contribution is -2.08. The van der Waals surface area contributed by atoms with Gasteiger partial charge in [-0.1, -0.05) is 0 Å². The molecule has 0 radical (unpaired) electrons. The second kappa shape index (κ2) is 4.43. The summed E-state index contributed by atoms with van der Waals surface area (Å²) in [4.78, 5) is 27.2. The molecule has 0 atom stereocenters. The van der Waals surface area contributed by atoms with Crippen LogP contribution in [0.25, 0.3) is 22.2 Å². The van der Waals surface area contributed by atoms with Gasteiger partial charge in [0.25, 0.3) is 5.56 Å². The van der Waals surface area contributed by atoms with E-state index in [9.17, 15) is 4.79 Å². The molecule has 3 heterocycles. The minimum atomic E-state index is -0.198. The van der Waals surface area contributed by atoms with Crippen molar-refractivity contribution in [3.63, 3.8) is 0 Å². The van der Waals surface area contributed by atoms with Crippen molar-refractivity contribution in [3.05, 3.63) is 38.4 Å². The van der Waals surface area contributed by atoms with Gasteiger partial charge in [-0.05, 0) is 6.92 Å². The maximum atomic E-state index is 11.6. The van der Waals surface area contributed by atoms with Crippen molar-refractivity contribution < 1.29 is 0 Å². The van der Waals surface area contributed by atoms with Crippen molar-refractivity contribution in [3.8, 4) is 22.2 Å². The molecule has 0 saturated heterocycles. The zero-order valence-corrected chi connectivity index (χ0v) is 11.0. The number of rotatable bonds is 2. The van der Waals surface area contributed by atoms with Crippen molar-refractivity contribution in [1.29, 1.82) is 0 Å². The first-order valence-corrected chi connectivity index (χ1v) is 6.97. The summed E-state index contributed by atoms with van der Waals surface area (Å²) in [6.45, 7) is 1.91. The summed E-state index contributed by atoms with van der Waals surface area (Å²) in [6.07, 6.45) is 0. The van der Waals surface area contributed by atoms with E-state index in [2.05, 4.69) is 19.9 Å². The van der Waals surface area contributed by atoms with Gasteiger partial charge in [0.2, 0.25) is 0 Å². The summed E-state index contributed by atoms with van der Waals surface area (Å²) in [5.41, 5.74) is 3.71. The summed E-state index contributed by atoms with van der Waals surface area (Å²) in [5.74, 6) is 0.489. The quantitative estimate of drug-likeness (QED) is 0.779. The standard InChI is InChI=1S/C11H8N4OS2/c1-6-3-18-11(13-6)10-14-7(2-9(16)15-10)8-4-17-5-12-8/h2-5H,1H3,(H,14,15,16). The highest BCUT2D eigenvalue weighted by atomic mass is 32.1. The smallest absolute Gasteiger partial charge is 0.251 e. The first-order valence-electron chi connectivity index (χ1n) is 5.15. The van der Waals surface area contributed by atoms with Gasteiger partial charge in [-0.3, -0.25) is 4.79 Å². The predicted octanol–water partition coefficient (Wildman–Crippen LogP) is 2.33. The third-order valence-electron chi connectivity index (χ3n) is 2.26. The lowest BCUT2D eigenvalue weighted by molar-refractivity contribution is 1.11. The molecule has 90 valence electrons. The average Bonchev–Trinajstić information content (AvgIpc) is 2.98. The van der Waals surface area contributed by atoms with E-state index in [1.807, 2.05) is 17.7 Å². The second-order valence-electron chi connectivity index (χ2n) is 3.65. The lowest BCUT2D eigenvalue weighted by Gasteiger charge is -1.99. The summed E-state index contributed by atoms with van der Waals surface area (Å²) >= 11 is 2.93. The SMILES string of the molecule is Cc1csc(-c2nc(-c3cscn3)cc(=O)[nH]2)n1. The Labute approximate surface area is 110 Å². The molecule has 0 aliphatic heterocycles. The van der Waals surface area contributed by atoms with Gasteiger partial charge >= 0.3 is 0 Å². The van der Waals surface area contributed by atoms with Crippen molar-refractivity contribution in [2.45, 2.75) is 6.92 Å². The van der Waals surface area contributed by atoms with Crippen LogP contribution < -0.4 is 5.56 Å². The van der Waals surface area contributed by atoms with Crippen molar-refractivity contribution in [2.75, 3.05) is 0 Å². The molecule has 0 aromatic carbocycles. The maximum absolute atomic E-state index is 11.6. The Hall–Kier alpha value is -1.86. The van der Waals surface area contributed by atoms with E-state index in [1.54, 1.807) is 5.51 Å². The van der Waals surface area contributed by atoms with E-state index >= 15 is 0 Å². The van der Waals surface area contributed by atoms with Crippen LogP contribution in [-0.2, 0) is 0 Å². The Morgan fingerprint density at radius 1 is 1.22 bits per heavy atom. The summed E-state index contributed by atoms with van der Waals surface area (Å²) in [5, 5.41) is 4.49. The molecule has 0 spiro atoms. The number of thiazole rings is 2. The second-order valence-corrected chi connectivity index (χ2v) is 5.22. The molecule has 7 heteroatoms. The van der Waals surface area contributed by atoms with Crippen LogP contribution in [0.3, 0.4) is 0 Å². The van der Waals surface area contributed by atoms with Gasteiger partial charge in [0.15, 0.2) is 10.8 Å². The van der Waals surface area contributed by atoms with Crippen LogP contribution in [0.5, 0.6) is 0 Å². The molecule has 18 heavy (non-hydrogen) atoms. The highest BCUT2D eigenvalue weighted by Crippen LogP contribution is 2.21. The molecule has 0 aliphatic rings. The Balaban J connectivity index is 2.15. The van der Waals surface area contributed by atoms with Crippen molar-refractivity contribution in [2.24, 2.45) is 0 Å². The van der Waals surface area contributed by atoms with Gasteiger partial charge in [-0.2, -0.15) is 0 Å². The fraction of sp³-hybridized carbons (Fsp3) is 0.0909. The van der Waals surface area contributed by atoms with Gasteiger partial charge in [-0.15, -0.1) is 22.7 Å². The van der Waals surface area contributed by atoms with Crippen LogP contribution in [0.1, 0.15) is 5.69 Å². The molecule has 0 unspecified atom stereocenters. The van der Waals surface area contributed by atoms with Crippen LogP contribution in [0.15, 0.2) is 27.1 Å². The van der Waals surface area contributed by atoms with E-state index in [4.69, 9.17) is 0 Å². The fourth-order valence-electron chi connectivity index (χ4n) is 1.49. The number of aryl methyl sites for hydroxylation is 1. The number of aromatic amines is 1. The van der Waals surface area contributed by atoms with E-state index < -0.39 is 0 Å². The molecular formula is C11H8N4OS2. The van der Waals surface area contributed by atoms with Gasteiger partial charge < -0.3 is 4.98 Å². The maximum Gasteiger partial charge on any atom is 0.251 e. The highest BCUT2D eigenvalue weighted by molar-refractivity contribution is 7.13. The molecule has 3 rings (SSSR count). The van der Waals surface area contributed by atoms with E-state index in [0.717, 1.165) is 5.69 Å². The number of hydrogen-bond acceptors (Lipinski definition) is 6. The topological polar surface area (TPSA) is 71.5 Å². The number of nitrogens with zero attached hydrogens (tertiary/aromatic N) is 3. The van der Waals surface area contributed by atoms with Crippen LogP contribution >= 0.6 is 22.7 Å². The number of H-pyrrole nitrogens is 1. The molecule has 0 aliphatic carbocycles. The normalized spacial score (nSPS) is 10.7. The lowest BCUT2D eigenvalue weighted by atomic mass is 10.3. The zero-order valence-electron chi connectivity index (χ0n) is 9.38. The van der Waals surface area contributed by atoms with Gasteiger partial charge in [-0.25, -0.2) is 15.0 Å². The van der Waals surface area contributed by atoms with Crippen LogP contribution in [0.4, 0.5) is 0 Å². The van der Waals surface area contributed by atoms with Gasteiger partial charge in [0.1, 0.15) is 0 Å². The predicted molar refractivity (Wildman–Crippen MR) is 71.8 cm³/mol. The Bertz CT molecular complexity index is 730. The van der Waals surface area contributed by atoms with E-state index in [0.29, 0.717) is 22.2 Å². The highest BCUT2D eigenvalue weighted by Gasteiger charge is 2.09. The molecular weight excluding hydrogens is 268 g/mol. The molecule has 0 fully saturated rings. The molecule has 0 amide bonds. The minimum absolute atomic E-state index is 0.198. The molecule has 0 bridgehead atoms. The molecule has 3 aromatic rings. The first kappa shape index (κ1) is 11.2. The fourth-order valence-corrected chi connectivity index (χ4v) is 2.78. The Morgan fingerprint density at radius 3 is 2.78 bits per heavy atom. The van der Waals surface area contributed by atoms with E-state index in [-0.39, 0.29) is 5.56 Å². The van der Waals surface area contributed by atoms with Crippen LogP contribution in [0.2, 0.25) is 0 Å². The largest absolute Gasteiger partial charge is 0.304 e. The van der Waals surface area contributed by atoms with Crippen LogP contribution in [-0.4, -0.2) is 19.9 Å². The number of nitrogens with one attached hydrogen (secondary N) is 1. The molecule has 5 nitrogen and oxygen atoms in total.